The Morgan fingerprint density at radius 1 is 1.48 bits per heavy atom. The zero-order chi connectivity index (χ0) is 15.0. The number of ether oxygens (including phenoxy) is 1. The number of hydrogen-bond acceptors (Lipinski definition) is 4. The number of benzene rings is 1. The maximum Gasteiger partial charge on any atom is 0.238 e. The predicted octanol–water partition coefficient (Wildman–Crippen LogP) is 4.23. The summed E-state index contributed by atoms with van der Waals surface area (Å²) in [6.45, 7) is 2.43. The molecule has 0 spiro atoms. The fourth-order valence-electron chi connectivity index (χ4n) is 2.15. The second-order valence-corrected chi connectivity index (χ2v) is 6.29. The van der Waals surface area contributed by atoms with E-state index in [0.29, 0.717) is 16.9 Å². The lowest BCUT2D eigenvalue weighted by atomic mass is 10.2. The van der Waals surface area contributed by atoms with Gasteiger partial charge >= 0.3 is 0 Å². The highest BCUT2D eigenvalue weighted by Crippen LogP contribution is 2.27. The van der Waals surface area contributed by atoms with Gasteiger partial charge in [-0.3, -0.25) is 4.40 Å². The van der Waals surface area contributed by atoms with E-state index in [2.05, 4.69) is 26.2 Å². The van der Waals surface area contributed by atoms with Gasteiger partial charge in [-0.05, 0) is 40.5 Å². The van der Waals surface area contributed by atoms with Crippen LogP contribution in [0.2, 0.25) is 0 Å². The molecule has 3 rings (SSSR count). The van der Waals surface area contributed by atoms with Crippen molar-refractivity contribution in [3.05, 3.63) is 45.3 Å². The molecule has 0 amide bonds. The van der Waals surface area contributed by atoms with Crippen LogP contribution in [0.25, 0.3) is 4.96 Å². The first-order valence-corrected chi connectivity index (χ1v) is 7.95. The van der Waals surface area contributed by atoms with Crippen molar-refractivity contribution in [3.63, 3.8) is 0 Å². The molecular weight excluding hydrogens is 357 g/mol. The van der Waals surface area contributed by atoms with Gasteiger partial charge in [0.15, 0.2) is 4.96 Å². The van der Waals surface area contributed by atoms with Crippen molar-refractivity contribution in [2.45, 2.75) is 13.5 Å². The molecule has 0 aliphatic heterocycles. The second kappa shape index (κ2) is 5.65. The average Bonchev–Trinajstić information content (AvgIpc) is 3.02. The van der Waals surface area contributed by atoms with E-state index in [4.69, 9.17) is 4.74 Å². The number of rotatable bonds is 4. The van der Waals surface area contributed by atoms with Gasteiger partial charge in [0.05, 0.1) is 18.1 Å². The standard InChI is InChI=1S/C14H13BrFN3OS/c1-8-5-9(15)10(16)6-11(8)17-7-12-13(20-2)18-14-19(12)3-4-21-14/h3-6,17H,7H2,1-2H3. The first-order valence-electron chi connectivity index (χ1n) is 6.28. The van der Waals surface area contributed by atoms with Crippen LogP contribution in [0, 0.1) is 12.7 Å². The molecule has 0 unspecified atom stereocenters. The lowest BCUT2D eigenvalue weighted by Crippen LogP contribution is -2.05. The molecule has 1 N–H and O–H groups in total. The molecule has 0 saturated carbocycles. The predicted molar refractivity (Wildman–Crippen MR) is 85.8 cm³/mol. The molecule has 0 aliphatic carbocycles. The minimum absolute atomic E-state index is 0.288. The summed E-state index contributed by atoms with van der Waals surface area (Å²) in [4.78, 5) is 5.27. The van der Waals surface area contributed by atoms with Crippen LogP contribution in [0.5, 0.6) is 5.88 Å². The molecular formula is C14H13BrFN3OS. The summed E-state index contributed by atoms with van der Waals surface area (Å²) in [5.74, 6) is 0.300. The van der Waals surface area contributed by atoms with Crippen LogP contribution < -0.4 is 10.1 Å². The molecule has 0 saturated heterocycles. The summed E-state index contributed by atoms with van der Waals surface area (Å²) in [6.07, 6.45) is 1.95. The van der Waals surface area contributed by atoms with Crippen LogP contribution in [-0.2, 0) is 6.54 Å². The minimum atomic E-state index is -0.288. The third-order valence-corrected chi connectivity index (χ3v) is 4.60. The number of nitrogens with one attached hydrogen (secondary N) is 1. The summed E-state index contributed by atoms with van der Waals surface area (Å²) >= 11 is 4.73. The summed E-state index contributed by atoms with van der Waals surface area (Å²) in [5.41, 5.74) is 2.63. The lowest BCUT2D eigenvalue weighted by Gasteiger charge is -2.11. The molecule has 110 valence electrons. The van der Waals surface area contributed by atoms with Gasteiger partial charge in [0.1, 0.15) is 11.5 Å². The van der Waals surface area contributed by atoms with E-state index in [1.54, 1.807) is 24.5 Å². The van der Waals surface area contributed by atoms with Crippen molar-refractivity contribution >= 4 is 37.9 Å². The molecule has 0 fully saturated rings. The summed E-state index contributed by atoms with van der Waals surface area (Å²) in [5, 5.41) is 5.21. The van der Waals surface area contributed by atoms with Crippen LogP contribution in [0.3, 0.4) is 0 Å². The molecule has 0 radical (unpaired) electrons. The maximum absolute atomic E-state index is 13.6. The van der Waals surface area contributed by atoms with Crippen molar-refractivity contribution in [1.29, 1.82) is 0 Å². The number of thiazole rings is 1. The molecule has 2 heterocycles. The Hall–Kier alpha value is -1.60. The quantitative estimate of drug-likeness (QED) is 0.747. The zero-order valence-electron chi connectivity index (χ0n) is 11.5. The van der Waals surface area contributed by atoms with Gasteiger partial charge < -0.3 is 10.1 Å². The molecule has 3 aromatic rings. The number of fused-ring (bicyclic) bond motifs is 1. The van der Waals surface area contributed by atoms with Crippen LogP contribution in [-0.4, -0.2) is 16.5 Å². The number of anilines is 1. The monoisotopic (exact) mass is 369 g/mol. The lowest BCUT2D eigenvalue weighted by molar-refractivity contribution is 0.395. The fourth-order valence-corrected chi connectivity index (χ4v) is 3.34. The van der Waals surface area contributed by atoms with E-state index in [-0.39, 0.29) is 5.82 Å². The third-order valence-electron chi connectivity index (χ3n) is 3.23. The van der Waals surface area contributed by atoms with Gasteiger partial charge in [0.2, 0.25) is 5.88 Å². The Labute approximate surface area is 133 Å². The van der Waals surface area contributed by atoms with E-state index >= 15 is 0 Å². The highest BCUT2D eigenvalue weighted by atomic mass is 79.9. The normalized spacial score (nSPS) is 11.0. The number of hydrogen-bond donors (Lipinski definition) is 1. The Morgan fingerprint density at radius 3 is 3.05 bits per heavy atom. The SMILES string of the molecule is COc1nc2sccn2c1CNc1cc(F)c(Br)cc1C. The van der Waals surface area contributed by atoms with Crippen molar-refractivity contribution < 1.29 is 9.13 Å². The van der Waals surface area contributed by atoms with Crippen LogP contribution >= 0.6 is 27.3 Å². The van der Waals surface area contributed by atoms with Crippen LogP contribution in [0.4, 0.5) is 10.1 Å². The Bertz CT molecular complexity index is 799. The van der Waals surface area contributed by atoms with Gasteiger partial charge in [-0.25, -0.2) is 4.39 Å². The Balaban J connectivity index is 1.89. The van der Waals surface area contributed by atoms with Crippen molar-refractivity contribution in [3.8, 4) is 5.88 Å². The van der Waals surface area contributed by atoms with Gasteiger partial charge in [-0.1, -0.05) is 0 Å². The molecule has 0 bridgehead atoms. The molecule has 0 atom stereocenters. The maximum atomic E-state index is 13.6. The van der Waals surface area contributed by atoms with E-state index in [0.717, 1.165) is 21.9 Å². The zero-order valence-corrected chi connectivity index (χ0v) is 13.9. The molecule has 7 heteroatoms. The van der Waals surface area contributed by atoms with Crippen LogP contribution in [0.1, 0.15) is 11.3 Å². The molecule has 2 aromatic heterocycles. The van der Waals surface area contributed by atoms with E-state index < -0.39 is 0 Å². The Morgan fingerprint density at radius 2 is 2.29 bits per heavy atom. The highest BCUT2D eigenvalue weighted by Gasteiger charge is 2.14. The number of nitrogens with zero attached hydrogens (tertiary/aromatic N) is 2. The van der Waals surface area contributed by atoms with E-state index in [1.807, 2.05) is 22.9 Å². The van der Waals surface area contributed by atoms with Crippen molar-refractivity contribution in [2.24, 2.45) is 0 Å². The van der Waals surface area contributed by atoms with Crippen molar-refractivity contribution in [1.82, 2.24) is 9.38 Å². The van der Waals surface area contributed by atoms with Crippen LogP contribution in [0.15, 0.2) is 28.2 Å². The number of imidazole rings is 1. The summed E-state index contributed by atoms with van der Waals surface area (Å²) < 4.78 is 21.4. The number of methoxy groups -OCH3 is 1. The summed E-state index contributed by atoms with van der Waals surface area (Å²) in [6, 6.07) is 3.24. The molecule has 0 aliphatic rings. The minimum Gasteiger partial charge on any atom is -0.480 e. The van der Waals surface area contributed by atoms with Gasteiger partial charge in [0, 0.05) is 17.3 Å². The number of halogens is 2. The van der Waals surface area contributed by atoms with Gasteiger partial charge in [0.25, 0.3) is 0 Å². The van der Waals surface area contributed by atoms with Gasteiger partial charge in [-0.2, -0.15) is 4.98 Å². The topological polar surface area (TPSA) is 38.6 Å². The number of aryl methyl sites for hydroxylation is 1. The fraction of sp³-hybridized carbons (Fsp3) is 0.214. The molecule has 21 heavy (non-hydrogen) atoms. The molecule has 4 nitrogen and oxygen atoms in total. The van der Waals surface area contributed by atoms with E-state index in [1.165, 1.54) is 6.07 Å². The highest BCUT2D eigenvalue weighted by molar-refractivity contribution is 9.10. The second-order valence-electron chi connectivity index (χ2n) is 4.56. The first-order chi connectivity index (χ1) is 10.1. The third kappa shape index (κ3) is 2.63. The Kier molecular flexibility index (Phi) is 3.86. The first kappa shape index (κ1) is 14.3. The summed E-state index contributed by atoms with van der Waals surface area (Å²) in [7, 11) is 1.60. The van der Waals surface area contributed by atoms with Gasteiger partial charge in [-0.15, -0.1) is 11.3 Å². The number of aromatic nitrogens is 2. The average molecular weight is 370 g/mol. The smallest absolute Gasteiger partial charge is 0.238 e. The van der Waals surface area contributed by atoms with E-state index in [9.17, 15) is 4.39 Å². The molecule has 1 aromatic carbocycles. The largest absolute Gasteiger partial charge is 0.480 e. The van der Waals surface area contributed by atoms with Crippen molar-refractivity contribution in [2.75, 3.05) is 12.4 Å².